The van der Waals surface area contributed by atoms with Gasteiger partial charge in [-0.3, -0.25) is 14.4 Å². The molecule has 24 heavy (non-hydrogen) atoms. The molecule has 0 aromatic heterocycles. The van der Waals surface area contributed by atoms with Crippen LogP contribution in [0.4, 0.5) is 0 Å². The van der Waals surface area contributed by atoms with Crippen LogP contribution in [0.2, 0.25) is 0 Å². The molecule has 0 saturated carbocycles. The maximum atomic E-state index is 12.2. The molecule has 0 rings (SSSR count). The summed E-state index contributed by atoms with van der Waals surface area (Å²) in [5.41, 5.74) is 1.07. The van der Waals surface area contributed by atoms with E-state index in [0.717, 1.165) is 5.57 Å². The van der Waals surface area contributed by atoms with Gasteiger partial charge in [-0.2, -0.15) is 0 Å². The zero-order chi connectivity index (χ0) is 18.9. The van der Waals surface area contributed by atoms with Gasteiger partial charge in [0, 0.05) is 18.5 Å². The van der Waals surface area contributed by atoms with Crippen molar-refractivity contribution in [2.24, 2.45) is 11.8 Å². The standard InChI is InChI=1S/C18H33N3O3/c1-12(2)15(7)8-9-19-16(22)10-21(18(24)13(3)4)11-17(23)20-14(5)6/h12-14H,7-11H2,1-6H3,(H,19,22)(H,20,23). The lowest BCUT2D eigenvalue weighted by atomic mass is 10.0. The zero-order valence-corrected chi connectivity index (χ0v) is 15.9. The fourth-order valence-corrected chi connectivity index (χ4v) is 2.00. The van der Waals surface area contributed by atoms with Gasteiger partial charge in [0.25, 0.3) is 0 Å². The number of carbonyl (C=O) groups excluding carboxylic acids is 3. The lowest BCUT2D eigenvalue weighted by Gasteiger charge is -2.24. The van der Waals surface area contributed by atoms with E-state index in [1.165, 1.54) is 4.90 Å². The third-order valence-corrected chi connectivity index (χ3v) is 3.51. The Hall–Kier alpha value is -1.85. The number of hydrogen-bond donors (Lipinski definition) is 2. The number of hydrogen-bond acceptors (Lipinski definition) is 3. The molecule has 138 valence electrons. The SMILES string of the molecule is C=C(CCNC(=O)CN(CC(=O)NC(C)C)C(=O)C(C)C)C(C)C. The van der Waals surface area contributed by atoms with E-state index in [2.05, 4.69) is 31.1 Å². The normalized spacial score (nSPS) is 10.9. The minimum Gasteiger partial charge on any atom is -0.354 e. The number of carbonyl (C=O) groups is 3. The van der Waals surface area contributed by atoms with Gasteiger partial charge in [0.2, 0.25) is 17.7 Å². The molecule has 0 aliphatic rings. The second-order valence-electron chi connectivity index (χ2n) is 6.98. The summed E-state index contributed by atoms with van der Waals surface area (Å²) in [6.45, 7) is 15.5. The Labute approximate surface area is 146 Å². The van der Waals surface area contributed by atoms with Gasteiger partial charge in [-0.1, -0.05) is 39.8 Å². The molecule has 6 nitrogen and oxygen atoms in total. The van der Waals surface area contributed by atoms with Gasteiger partial charge in [0.15, 0.2) is 0 Å². The number of nitrogens with zero attached hydrogens (tertiary/aromatic N) is 1. The highest BCUT2D eigenvalue weighted by Gasteiger charge is 2.22. The average molecular weight is 339 g/mol. The Morgan fingerprint density at radius 3 is 1.92 bits per heavy atom. The summed E-state index contributed by atoms with van der Waals surface area (Å²) in [5, 5.41) is 5.52. The van der Waals surface area contributed by atoms with Crippen LogP contribution in [0.1, 0.15) is 48.0 Å². The molecule has 0 radical (unpaired) electrons. The summed E-state index contributed by atoms with van der Waals surface area (Å²) in [7, 11) is 0. The van der Waals surface area contributed by atoms with E-state index in [4.69, 9.17) is 0 Å². The molecule has 0 fully saturated rings. The quantitative estimate of drug-likeness (QED) is 0.595. The first kappa shape index (κ1) is 22.1. The molecule has 0 saturated heterocycles. The molecular formula is C18H33N3O3. The third-order valence-electron chi connectivity index (χ3n) is 3.51. The Bertz CT molecular complexity index is 456. The highest BCUT2D eigenvalue weighted by Crippen LogP contribution is 2.09. The molecule has 0 atom stereocenters. The van der Waals surface area contributed by atoms with E-state index in [-0.39, 0.29) is 42.8 Å². The number of amides is 3. The van der Waals surface area contributed by atoms with Crippen LogP contribution in [-0.4, -0.2) is 48.3 Å². The van der Waals surface area contributed by atoms with Crippen molar-refractivity contribution in [3.63, 3.8) is 0 Å². The van der Waals surface area contributed by atoms with Gasteiger partial charge in [0.05, 0.1) is 0 Å². The van der Waals surface area contributed by atoms with Crippen LogP contribution in [0.15, 0.2) is 12.2 Å². The van der Waals surface area contributed by atoms with Gasteiger partial charge in [0.1, 0.15) is 13.1 Å². The first-order valence-corrected chi connectivity index (χ1v) is 8.57. The van der Waals surface area contributed by atoms with Crippen molar-refractivity contribution in [1.82, 2.24) is 15.5 Å². The lowest BCUT2D eigenvalue weighted by Crippen LogP contribution is -2.48. The average Bonchev–Trinajstić information content (AvgIpc) is 2.44. The van der Waals surface area contributed by atoms with Crippen molar-refractivity contribution in [1.29, 1.82) is 0 Å². The molecule has 0 aromatic carbocycles. The molecule has 0 aliphatic carbocycles. The molecule has 6 heteroatoms. The fraction of sp³-hybridized carbons (Fsp3) is 0.722. The van der Waals surface area contributed by atoms with Crippen LogP contribution in [0.5, 0.6) is 0 Å². The van der Waals surface area contributed by atoms with Crippen LogP contribution in [0, 0.1) is 11.8 Å². The van der Waals surface area contributed by atoms with Crippen molar-refractivity contribution in [2.45, 2.75) is 54.0 Å². The van der Waals surface area contributed by atoms with Crippen LogP contribution in [0.3, 0.4) is 0 Å². The molecule has 0 unspecified atom stereocenters. The highest BCUT2D eigenvalue weighted by molar-refractivity contribution is 5.89. The second-order valence-corrected chi connectivity index (χ2v) is 6.98. The second kappa shape index (κ2) is 10.8. The van der Waals surface area contributed by atoms with E-state index in [1.807, 2.05) is 13.8 Å². The van der Waals surface area contributed by atoms with E-state index in [1.54, 1.807) is 13.8 Å². The molecule has 0 aliphatic heterocycles. The van der Waals surface area contributed by atoms with Gasteiger partial charge >= 0.3 is 0 Å². The van der Waals surface area contributed by atoms with Crippen molar-refractivity contribution >= 4 is 17.7 Å². The summed E-state index contributed by atoms with van der Waals surface area (Å²) >= 11 is 0. The van der Waals surface area contributed by atoms with Gasteiger partial charge < -0.3 is 15.5 Å². The van der Waals surface area contributed by atoms with Gasteiger partial charge in [-0.05, 0) is 26.2 Å². The van der Waals surface area contributed by atoms with Crippen LogP contribution < -0.4 is 10.6 Å². The fourth-order valence-electron chi connectivity index (χ4n) is 2.00. The minimum atomic E-state index is -0.273. The van der Waals surface area contributed by atoms with Crippen molar-refractivity contribution in [3.8, 4) is 0 Å². The minimum absolute atomic E-state index is 0.00984. The Balaban J connectivity index is 4.58. The third kappa shape index (κ3) is 9.33. The first-order valence-electron chi connectivity index (χ1n) is 8.57. The molecule has 0 aromatic rings. The summed E-state index contributed by atoms with van der Waals surface area (Å²) in [6, 6.07) is -0.00984. The van der Waals surface area contributed by atoms with E-state index >= 15 is 0 Å². The monoisotopic (exact) mass is 339 g/mol. The number of nitrogens with one attached hydrogen (secondary N) is 2. The van der Waals surface area contributed by atoms with E-state index in [9.17, 15) is 14.4 Å². The summed E-state index contributed by atoms with van der Waals surface area (Å²) in [5.74, 6) is -0.639. The van der Waals surface area contributed by atoms with Crippen LogP contribution >= 0.6 is 0 Å². The largest absolute Gasteiger partial charge is 0.354 e. The molecular weight excluding hydrogens is 306 g/mol. The maximum absolute atomic E-state index is 12.2. The summed E-state index contributed by atoms with van der Waals surface area (Å²) in [6.07, 6.45) is 0.704. The van der Waals surface area contributed by atoms with Gasteiger partial charge in [-0.25, -0.2) is 0 Å². The first-order chi connectivity index (χ1) is 11.0. The van der Waals surface area contributed by atoms with Crippen molar-refractivity contribution in [2.75, 3.05) is 19.6 Å². The lowest BCUT2D eigenvalue weighted by molar-refractivity contribution is -0.141. The van der Waals surface area contributed by atoms with Crippen LogP contribution in [-0.2, 0) is 14.4 Å². The predicted molar refractivity (Wildman–Crippen MR) is 96.3 cm³/mol. The smallest absolute Gasteiger partial charge is 0.239 e. The zero-order valence-electron chi connectivity index (χ0n) is 15.9. The van der Waals surface area contributed by atoms with Crippen molar-refractivity contribution < 1.29 is 14.4 Å². The highest BCUT2D eigenvalue weighted by atomic mass is 16.2. The Kier molecular flexibility index (Phi) is 10.0. The van der Waals surface area contributed by atoms with E-state index < -0.39 is 0 Å². The van der Waals surface area contributed by atoms with Gasteiger partial charge in [-0.15, -0.1) is 0 Å². The topological polar surface area (TPSA) is 78.5 Å². The molecule has 0 bridgehead atoms. The maximum Gasteiger partial charge on any atom is 0.239 e. The van der Waals surface area contributed by atoms with Crippen molar-refractivity contribution in [3.05, 3.63) is 12.2 Å². The molecule has 0 spiro atoms. The summed E-state index contributed by atoms with van der Waals surface area (Å²) < 4.78 is 0. The Morgan fingerprint density at radius 2 is 1.46 bits per heavy atom. The molecule has 2 N–H and O–H groups in total. The Morgan fingerprint density at radius 1 is 0.917 bits per heavy atom. The molecule has 3 amide bonds. The van der Waals surface area contributed by atoms with E-state index in [0.29, 0.717) is 18.9 Å². The summed E-state index contributed by atoms with van der Waals surface area (Å²) in [4.78, 5) is 37.5. The number of rotatable bonds is 10. The predicted octanol–water partition coefficient (Wildman–Crippen LogP) is 1.71. The van der Waals surface area contributed by atoms with Crippen LogP contribution in [0.25, 0.3) is 0 Å². The molecule has 0 heterocycles.